The highest BCUT2D eigenvalue weighted by Gasteiger charge is 2.43. The topological polar surface area (TPSA) is 30.5 Å². The lowest BCUT2D eigenvalue weighted by Gasteiger charge is -2.40. The van der Waals surface area contributed by atoms with E-state index in [2.05, 4.69) is 5.32 Å². The molecule has 2 aliphatic rings. The first-order valence-corrected chi connectivity index (χ1v) is 7.46. The number of hydrogen-bond donors (Lipinski definition) is 1. The van der Waals surface area contributed by atoms with Crippen LogP contribution in [0.4, 0.5) is 13.2 Å². The van der Waals surface area contributed by atoms with Crippen molar-refractivity contribution in [3.63, 3.8) is 0 Å². The Kier molecular flexibility index (Phi) is 5.31. The minimum atomic E-state index is -4.08. The van der Waals surface area contributed by atoms with Crippen LogP contribution < -0.4 is 5.32 Å². The van der Waals surface area contributed by atoms with Gasteiger partial charge in [0.15, 0.2) is 0 Å². The van der Waals surface area contributed by atoms with Gasteiger partial charge in [-0.1, -0.05) is 6.92 Å². The van der Waals surface area contributed by atoms with E-state index in [1.807, 2.05) is 6.92 Å². The summed E-state index contributed by atoms with van der Waals surface area (Å²) < 4.78 is 48.6. The molecule has 0 bridgehead atoms. The van der Waals surface area contributed by atoms with E-state index in [0.29, 0.717) is 26.4 Å². The highest BCUT2D eigenvalue weighted by atomic mass is 19.4. The zero-order valence-corrected chi connectivity index (χ0v) is 12.0. The summed E-state index contributed by atoms with van der Waals surface area (Å²) in [6.45, 7) is 4.54. The molecular formula is C14H24F3NO2. The summed E-state index contributed by atoms with van der Waals surface area (Å²) in [4.78, 5) is 0. The second-order valence-corrected chi connectivity index (χ2v) is 5.90. The SMILES string of the molecule is CCNC(CCC(F)(F)F)C1CCOC2(CCOC2)C1. The van der Waals surface area contributed by atoms with E-state index in [9.17, 15) is 13.2 Å². The lowest BCUT2D eigenvalue weighted by molar-refractivity contribution is -0.140. The Bertz CT molecular complexity index is 303. The van der Waals surface area contributed by atoms with Gasteiger partial charge >= 0.3 is 6.18 Å². The number of alkyl halides is 3. The Morgan fingerprint density at radius 3 is 2.75 bits per heavy atom. The second kappa shape index (κ2) is 6.62. The molecule has 0 saturated carbocycles. The molecule has 0 aromatic carbocycles. The third kappa shape index (κ3) is 4.33. The van der Waals surface area contributed by atoms with Crippen molar-refractivity contribution < 1.29 is 22.6 Å². The van der Waals surface area contributed by atoms with Crippen LogP contribution in [0.5, 0.6) is 0 Å². The predicted molar refractivity (Wildman–Crippen MR) is 69.6 cm³/mol. The van der Waals surface area contributed by atoms with Gasteiger partial charge in [0.1, 0.15) is 0 Å². The summed E-state index contributed by atoms with van der Waals surface area (Å²) in [7, 11) is 0. The van der Waals surface area contributed by atoms with Gasteiger partial charge in [-0.05, 0) is 31.7 Å². The van der Waals surface area contributed by atoms with Crippen LogP contribution in [0.25, 0.3) is 0 Å². The smallest absolute Gasteiger partial charge is 0.378 e. The van der Waals surface area contributed by atoms with E-state index in [0.717, 1.165) is 19.3 Å². The van der Waals surface area contributed by atoms with Crippen molar-refractivity contribution in [2.45, 2.75) is 56.8 Å². The van der Waals surface area contributed by atoms with E-state index in [1.54, 1.807) is 0 Å². The molecule has 2 aliphatic heterocycles. The number of rotatable bonds is 5. The Balaban J connectivity index is 1.93. The lowest BCUT2D eigenvalue weighted by Crippen LogP contribution is -2.47. The second-order valence-electron chi connectivity index (χ2n) is 5.90. The van der Waals surface area contributed by atoms with Crippen LogP contribution in [0.2, 0.25) is 0 Å². The Morgan fingerprint density at radius 2 is 2.15 bits per heavy atom. The Labute approximate surface area is 118 Å². The molecule has 20 heavy (non-hydrogen) atoms. The summed E-state index contributed by atoms with van der Waals surface area (Å²) in [5, 5.41) is 3.23. The molecule has 3 nitrogen and oxygen atoms in total. The number of ether oxygens (including phenoxy) is 2. The first kappa shape index (κ1) is 16.0. The molecule has 1 N–H and O–H groups in total. The highest BCUT2D eigenvalue weighted by Crippen LogP contribution is 2.38. The van der Waals surface area contributed by atoms with Crippen molar-refractivity contribution in [3.05, 3.63) is 0 Å². The fourth-order valence-electron chi connectivity index (χ4n) is 3.36. The molecule has 2 fully saturated rings. The first-order chi connectivity index (χ1) is 9.44. The molecule has 0 radical (unpaired) electrons. The van der Waals surface area contributed by atoms with Crippen LogP contribution >= 0.6 is 0 Å². The first-order valence-electron chi connectivity index (χ1n) is 7.46. The molecule has 2 saturated heterocycles. The molecule has 0 aliphatic carbocycles. The zero-order valence-electron chi connectivity index (χ0n) is 12.0. The van der Waals surface area contributed by atoms with Gasteiger partial charge in [-0.2, -0.15) is 13.2 Å². The summed E-state index contributed by atoms with van der Waals surface area (Å²) >= 11 is 0. The van der Waals surface area contributed by atoms with Crippen molar-refractivity contribution in [3.8, 4) is 0 Å². The summed E-state index contributed by atoms with van der Waals surface area (Å²) in [6.07, 6.45) is -2.14. The normalized spacial score (nSPS) is 32.7. The minimum absolute atomic E-state index is 0.0806. The van der Waals surface area contributed by atoms with Gasteiger partial charge in [-0.25, -0.2) is 0 Å². The molecule has 0 aromatic heterocycles. The van der Waals surface area contributed by atoms with Crippen LogP contribution in [0.15, 0.2) is 0 Å². The standard InChI is InChI=1S/C14H24F3NO2/c1-2-18-12(3-5-14(15,16)17)11-4-7-20-13(9-11)6-8-19-10-13/h11-12,18H,2-10H2,1H3. The predicted octanol–water partition coefficient (Wildman–Crippen LogP) is 2.89. The largest absolute Gasteiger partial charge is 0.389 e. The monoisotopic (exact) mass is 295 g/mol. The molecule has 118 valence electrons. The number of hydrogen-bond acceptors (Lipinski definition) is 3. The molecular weight excluding hydrogens is 271 g/mol. The number of nitrogens with one attached hydrogen (secondary N) is 1. The van der Waals surface area contributed by atoms with E-state index in [-0.39, 0.29) is 24.0 Å². The molecule has 6 heteroatoms. The van der Waals surface area contributed by atoms with Gasteiger partial charge in [0.25, 0.3) is 0 Å². The molecule has 2 rings (SSSR count). The summed E-state index contributed by atoms with van der Waals surface area (Å²) in [6, 6.07) is -0.0806. The molecule has 0 aromatic rings. The third-order valence-corrected chi connectivity index (χ3v) is 4.37. The van der Waals surface area contributed by atoms with Gasteiger partial charge in [0.2, 0.25) is 0 Å². The van der Waals surface area contributed by atoms with Crippen molar-refractivity contribution in [1.29, 1.82) is 0 Å². The maximum Gasteiger partial charge on any atom is 0.389 e. The van der Waals surface area contributed by atoms with Crippen molar-refractivity contribution in [1.82, 2.24) is 5.32 Å². The fourth-order valence-corrected chi connectivity index (χ4v) is 3.36. The fraction of sp³-hybridized carbons (Fsp3) is 1.00. The van der Waals surface area contributed by atoms with E-state index < -0.39 is 12.6 Å². The Morgan fingerprint density at radius 1 is 1.35 bits per heavy atom. The maximum absolute atomic E-state index is 12.4. The summed E-state index contributed by atoms with van der Waals surface area (Å²) in [5.74, 6) is 0.243. The highest BCUT2D eigenvalue weighted by molar-refractivity contribution is 4.93. The van der Waals surface area contributed by atoms with Gasteiger partial charge in [0.05, 0.1) is 12.2 Å². The van der Waals surface area contributed by atoms with Crippen molar-refractivity contribution in [2.24, 2.45) is 5.92 Å². The van der Waals surface area contributed by atoms with Crippen molar-refractivity contribution in [2.75, 3.05) is 26.4 Å². The molecule has 3 atom stereocenters. The van der Waals surface area contributed by atoms with Gasteiger partial charge in [0, 0.05) is 32.1 Å². The van der Waals surface area contributed by atoms with Crippen LogP contribution in [-0.4, -0.2) is 44.2 Å². The van der Waals surface area contributed by atoms with E-state index >= 15 is 0 Å². The maximum atomic E-state index is 12.4. The van der Waals surface area contributed by atoms with Gasteiger partial charge in [-0.3, -0.25) is 0 Å². The molecule has 2 heterocycles. The van der Waals surface area contributed by atoms with Crippen LogP contribution in [-0.2, 0) is 9.47 Å². The Hall–Kier alpha value is -0.330. The number of halogens is 3. The average Bonchev–Trinajstić information content (AvgIpc) is 2.81. The zero-order chi connectivity index (χ0) is 14.6. The molecule has 1 spiro atoms. The van der Waals surface area contributed by atoms with Crippen LogP contribution in [0, 0.1) is 5.92 Å². The quantitative estimate of drug-likeness (QED) is 0.846. The molecule has 3 unspecified atom stereocenters. The van der Waals surface area contributed by atoms with Crippen molar-refractivity contribution >= 4 is 0 Å². The third-order valence-electron chi connectivity index (χ3n) is 4.37. The average molecular weight is 295 g/mol. The van der Waals surface area contributed by atoms with Gasteiger partial charge in [-0.15, -0.1) is 0 Å². The lowest BCUT2D eigenvalue weighted by atomic mass is 9.79. The minimum Gasteiger partial charge on any atom is -0.378 e. The molecule has 0 amide bonds. The van der Waals surface area contributed by atoms with Crippen LogP contribution in [0.1, 0.15) is 39.0 Å². The van der Waals surface area contributed by atoms with Gasteiger partial charge < -0.3 is 14.8 Å². The van der Waals surface area contributed by atoms with E-state index in [4.69, 9.17) is 9.47 Å². The van der Waals surface area contributed by atoms with Crippen LogP contribution in [0.3, 0.4) is 0 Å². The summed E-state index contributed by atoms with van der Waals surface area (Å²) in [5.41, 5.74) is -0.241. The van der Waals surface area contributed by atoms with E-state index in [1.165, 1.54) is 0 Å².